The summed E-state index contributed by atoms with van der Waals surface area (Å²) < 4.78 is 5.13. The van der Waals surface area contributed by atoms with E-state index in [0.717, 1.165) is 0 Å². The fourth-order valence-corrected chi connectivity index (χ4v) is 1.38. The molecule has 0 fully saturated rings. The summed E-state index contributed by atoms with van der Waals surface area (Å²) in [6, 6.07) is 4.75. The van der Waals surface area contributed by atoms with Gasteiger partial charge in [-0.25, -0.2) is 0 Å². The van der Waals surface area contributed by atoms with Crippen LogP contribution < -0.4 is 4.74 Å². The van der Waals surface area contributed by atoms with Gasteiger partial charge in [0.05, 0.1) is 13.5 Å². The first kappa shape index (κ1) is 12.4. The Morgan fingerprint density at radius 1 is 1.50 bits per heavy atom. The van der Waals surface area contributed by atoms with Crippen LogP contribution in [0.2, 0.25) is 0 Å². The minimum atomic E-state index is 0.00593. The van der Waals surface area contributed by atoms with Gasteiger partial charge in [-0.05, 0) is 25.1 Å². The number of hydrogen-bond donors (Lipinski definition) is 1. The molecule has 0 saturated carbocycles. The zero-order chi connectivity index (χ0) is 12.1. The molecule has 0 heterocycles. The lowest BCUT2D eigenvalue weighted by Crippen LogP contribution is -2.27. The molecule has 0 atom stereocenters. The molecule has 0 aliphatic carbocycles. The van der Waals surface area contributed by atoms with Gasteiger partial charge in [-0.2, -0.15) is 0 Å². The Kier molecular flexibility index (Phi) is 4.17. The number of nitrogens with zero attached hydrogens (tertiary/aromatic N) is 1. The van der Waals surface area contributed by atoms with Crippen molar-refractivity contribution in [1.29, 1.82) is 0 Å². The first-order valence-corrected chi connectivity index (χ1v) is 5.18. The van der Waals surface area contributed by atoms with Gasteiger partial charge in [0.25, 0.3) is 0 Å². The van der Waals surface area contributed by atoms with Crippen LogP contribution in [0.5, 0.6) is 11.5 Å². The van der Waals surface area contributed by atoms with E-state index in [4.69, 9.17) is 4.74 Å². The van der Waals surface area contributed by atoms with Crippen LogP contribution >= 0.6 is 0 Å². The molecule has 0 spiro atoms. The number of aromatic hydroxyl groups is 1. The predicted octanol–water partition coefficient (Wildman–Crippen LogP) is 1.42. The van der Waals surface area contributed by atoms with E-state index in [2.05, 4.69) is 0 Å². The molecular weight excluding hydrogens is 206 g/mol. The summed E-state index contributed by atoms with van der Waals surface area (Å²) in [5.41, 5.74) is 0.702. The van der Waals surface area contributed by atoms with Crippen LogP contribution in [0, 0.1) is 0 Å². The van der Waals surface area contributed by atoms with Crippen molar-refractivity contribution in [2.45, 2.75) is 13.3 Å². The van der Waals surface area contributed by atoms with E-state index in [9.17, 15) is 9.90 Å². The van der Waals surface area contributed by atoms with Gasteiger partial charge in [0.15, 0.2) is 0 Å². The van der Waals surface area contributed by atoms with Crippen molar-refractivity contribution in [1.82, 2.24) is 4.90 Å². The topological polar surface area (TPSA) is 49.8 Å². The highest BCUT2D eigenvalue weighted by atomic mass is 16.5. The molecule has 88 valence electrons. The largest absolute Gasteiger partial charge is 0.508 e. The Labute approximate surface area is 95.5 Å². The number of amides is 1. The number of likely N-dealkylation sites (N-methyl/N-ethyl adjacent to an activating group) is 1. The van der Waals surface area contributed by atoms with Crippen molar-refractivity contribution in [2.75, 3.05) is 20.7 Å². The fraction of sp³-hybridized carbons (Fsp3) is 0.417. The number of carbonyl (C=O) groups excluding carboxylic acids is 1. The van der Waals surface area contributed by atoms with Crippen molar-refractivity contribution < 1.29 is 14.6 Å². The summed E-state index contributed by atoms with van der Waals surface area (Å²) in [7, 11) is 3.29. The summed E-state index contributed by atoms with van der Waals surface area (Å²) >= 11 is 0. The second-order valence-corrected chi connectivity index (χ2v) is 3.58. The number of hydrogen-bond acceptors (Lipinski definition) is 3. The Morgan fingerprint density at radius 3 is 2.75 bits per heavy atom. The maximum absolute atomic E-state index is 11.7. The second kappa shape index (κ2) is 5.39. The van der Waals surface area contributed by atoms with E-state index >= 15 is 0 Å². The normalized spacial score (nSPS) is 9.94. The van der Waals surface area contributed by atoms with Crippen molar-refractivity contribution in [3.05, 3.63) is 23.8 Å². The van der Waals surface area contributed by atoms with Crippen molar-refractivity contribution in [3.63, 3.8) is 0 Å². The third-order valence-electron chi connectivity index (χ3n) is 2.51. The summed E-state index contributed by atoms with van der Waals surface area (Å²) in [5.74, 6) is 0.768. The smallest absolute Gasteiger partial charge is 0.226 e. The maximum atomic E-state index is 11.7. The van der Waals surface area contributed by atoms with E-state index in [1.54, 1.807) is 31.2 Å². The Hall–Kier alpha value is -1.71. The quantitative estimate of drug-likeness (QED) is 0.839. The second-order valence-electron chi connectivity index (χ2n) is 3.58. The summed E-state index contributed by atoms with van der Waals surface area (Å²) in [6.07, 6.45) is 0.238. The molecular formula is C12H17NO3. The molecule has 0 saturated heterocycles. The molecule has 0 unspecified atom stereocenters. The molecule has 4 heteroatoms. The van der Waals surface area contributed by atoms with Crippen LogP contribution in [0.3, 0.4) is 0 Å². The first-order chi connectivity index (χ1) is 7.58. The van der Waals surface area contributed by atoms with E-state index in [-0.39, 0.29) is 18.1 Å². The Balaban J connectivity index is 2.87. The number of ether oxygens (including phenoxy) is 1. The average molecular weight is 223 g/mol. The van der Waals surface area contributed by atoms with Crippen molar-refractivity contribution in [3.8, 4) is 11.5 Å². The lowest BCUT2D eigenvalue weighted by Gasteiger charge is -2.15. The molecule has 0 bridgehead atoms. The molecule has 1 aromatic rings. The average Bonchev–Trinajstić information content (AvgIpc) is 2.28. The number of phenolic OH excluding ortho intramolecular Hbond substituents is 1. The van der Waals surface area contributed by atoms with Gasteiger partial charge < -0.3 is 14.7 Å². The third-order valence-corrected chi connectivity index (χ3v) is 2.51. The minimum Gasteiger partial charge on any atom is -0.508 e. The molecule has 16 heavy (non-hydrogen) atoms. The van der Waals surface area contributed by atoms with E-state index < -0.39 is 0 Å². The van der Waals surface area contributed by atoms with Gasteiger partial charge in [-0.15, -0.1) is 0 Å². The standard InChI is InChI=1S/C12H17NO3/c1-4-13(2)12(15)8-9-7-10(14)5-6-11(9)16-3/h5-7,14H,4,8H2,1-3H3. The lowest BCUT2D eigenvalue weighted by molar-refractivity contribution is -0.129. The fourth-order valence-electron chi connectivity index (χ4n) is 1.38. The van der Waals surface area contributed by atoms with Crippen molar-refractivity contribution >= 4 is 5.91 Å². The first-order valence-electron chi connectivity index (χ1n) is 5.18. The molecule has 1 aromatic carbocycles. The number of rotatable bonds is 4. The predicted molar refractivity (Wildman–Crippen MR) is 61.7 cm³/mol. The third kappa shape index (κ3) is 2.89. The van der Waals surface area contributed by atoms with Crippen LogP contribution in [0.4, 0.5) is 0 Å². The molecule has 0 aliphatic heterocycles. The molecule has 1 rings (SSSR count). The highest BCUT2D eigenvalue weighted by Crippen LogP contribution is 2.23. The van der Waals surface area contributed by atoms with Gasteiger partial charge in [0.1, 0.15) is 11.5 Å². The van der Waals surface area contributed by atoms with E-state index in [1.807, 2.05) is 6.92 Å². The Bertz CT molecular complexity index is 377. The zero-order valence-corrected chi connectivity index (χ0v) is 9.86. The molecule has 1 amide bonds. The summed E-state index contributed by atoms with van der Waals surface area (Å²) in [5, 5.41) is 9.36. The minimum absolute atomic E-state index is 0.00593. The molecule has 4 nitrogen and oxygen atoms in total. The van der Waals surface area contributed by atoms with Crippen LogP contribution in [-0.2, 0) is 11.2 Å². The van der Waals surface area contributed by atoms with Crippen LogP contribution in [-0.4, -0.2) is 36.6 Å². The summed E-state index contributed by atoms with van der Waals surface area (Å²) in [4.78, 5) is 13.3. The highest BCUT2D eigenvalue weighted by Gasteiger charge is 2.12. The van der Waals surface area contributed by atoms with Crippen LogP contribution in [0.1, 0.15) is 12.5 Å². The van der Waals surface area contributed by atoms with Gasteiger partial charge in [-0.1, -0.05) is 0 Å². The molecule has 1 N–H and O–H groups in total. The Morgan fingerprint density at radius 2 is 2.19 bits per heavy atom. The number of phenols is 1. The lowest BCUT2D eigenvalue weighted by atomic mass is 10.1. The van der Waals surface area contributed by atoms with Gasteiger partial charge in [0.2, 0.25) is 5.91 Å². The van der Waals surface area contributed by atoms with E-state index in [1.165, 1.54) is 6.07 Å². The number of methoxy groups -OCH3 is 1. The van der Waals surface area contributed by atoms with E-state index in [0.29, 0.717) is 17.9 Å². The maximum Gasteiger partial charge on any atom is 0.226 e. The van der Waals surface area contributed by atoms with Gasteiger partial charge in [0, 0.05) is 19.2 Å². The molecule has 0 aromatic heterocycles. The van der Waals surface area contributed by atoms with Crippen LogP contribution in [0.15, 0.2) is 18.2 Å². The molecule has 0 aliphatic rings. The molecule has 0 radical (unpaired) electrons. The summed E-state index contributed by atoms with van der Waals surface area (Å²) in [6.45, 7) is 2.58. The number of carbonyl (C=O) groups is 1. The SMILES string of the molecule is CCN(C)C(=O)Cc1cc(O)ccc1OC. The van der Waals surface area contributed by atoms with Gasteiger partial charge >= 0.3 is 0 Å². The number of benzene rings is 1. The monoisotopic (exact) mass is 223 g/mol. The van der Waals surface area contributed by atoms with Crippen LogP contribution in [0.25, 0.3) is 0 Å². The van der Waals surface area contributed by atoms with Crippen molar-refractivity contribution in [2.24, 2.45) is 0 Å². The highest BCUT2D eigenvalue weighted by molar-refractivity contribution is 5.79. The zero-order valence-electron chi connectivity index (χ0n) is 9.86. The van der Waals surface area contributed by atoms with Gasteiger partial charge in [-0.3, -0.25) is 4.79 Å².